The maximum atomic E-state index is 12.9. The van der Waals surface area contributed by atoms with Gasteiger partial charge in [-0.15, -0.1) is 0 Å². The van der Waals surface area contributed by atoms with Gasteiger partial charge in [0.1, 0.15) is 0 Å². The van der Waals surface area contributed by atoms with Crippen LogP contribution in [0.5, 0.6) is 0 Å². The van der Waals surface area contributed by atoms with Gasteiger partial charge in [-0.3, -0.25) is 4.79 Å². The molecule has 0 aliphatic heterocycles. The summed E-state index contributed by atoms with van der Waals surface area (Å²) in [6.07, 6.45) is 0. The number of hydrogen-bond donors (Lipinski definition) is 0. The van der Waals surface area contributed by atoms with E-state index in [-0.39, 0.29) is 10.8 Å². The van der Waals surface area contributed by atoms with Crippen molar-refractivity contribution in [2.75, 3.05) is 20.1 Å². The maximum Gasteiger partial charge on any atom is 0.253 e. The van der Waals surface area contributed by atoms with Crippen molar-refractivity contribution in [3.05, 3.63) is 64.2 Å². The Labute approximate surface area is 166 Å². The van der Waals surface area contributed by atoms with Crippen molar-refractivity contribution in [3.63, 3.8) is 0 Å². The highest BCUT2D eigenvalue weighted by Gasteiger charge is 2.25. The molecule has 0 fully saturated rings. The molecular weight excluding hydrogens is 384 g/mol. The van der Waals surface area contributed by atoms with E-state index in [1.54, 1.807) is 57.0 Å². The SMILES string of the molecule is CCN(CC)S(=O)(=O)c1cc(C(=O)N(C)Cc2ccc(Cl)cc2)ccc1C. The number of rotatable bonds is 7. The van der Waals surface area contributed by atoms with E-state index in [0.29, 0.717) is 35.8 Å². The first-order valence-corrected chi connectivity index (χ1v) is 10.6. The monoisotopic (exact) mass is 408 g/mol. The van der Waals surface area contributed by atoms with Crippen molar-refractivity contribution < 1.29 is 13.2 Å². The van der Waals surface area contributed by atoms with Gasteiger partial charge in [-0.05, 0) is 42.3 Å². The topological polar surface area (TPSA) is 57.7 Å². The molecule has 2 rings (SSSR count). The zero-order valence-electron chi connectivity index (χ0n) is 16.1. The van der Waals surface area contributed by atoms with Crippen LogP contribution in [0.15, 0.2) is 47.4 Å². The summed E-state index contributed by atoms with van der Waals surface area (Å²) in [5, 5.41) is 0.637. The van der Waals surface area contributed by atoms with Gasteiger partial charge < -0.3 is 4.90 Å². The van der Waals surface area contributed by atoms with E-state index in [0.717, 1.165) is 5.56 Å². The van der Waals surface area contributed by atoms with Crippen molar-refractivity contribution in [2.45, 2.75) is 32.2 Å². The third-order valence-electron chi connectivity index (χ3n) is 4.44. The molecule has 0 saturated heterocycles. The number of hydrogen-bond acceptors (Lipinski definition) is 3. The Morgan fingerprint density at radius 3 is 2.19 bits per heavy atom. The second kappa shape index (κ2) is 8.87. The van der Waals surface area contributed by atoms with E-state index in [1.807, 2.05) is 12.1 Å². The van der Waals surface area contributed by atoms with Crippen LogP contribution >= 0.6 is 11.6 Å². The number of carbonyl (C=O) groups is 1. The lowest BCUT2D eigenvalue weighted by Gasteiger charge is -2.21. The van der Waals surface area contributed by atoms with Crippen molar-refractivity contribution in [2.24, 2.45) is 0 Å². The summed E-state index contributed by atoms with van der Waals surface area (Å²) in [6, 6.07) is 12.1. The van der Waals surface area contributed by atoms with Gasteiger partial charge in [-0.1, -0.05) is 43.6 Å². The van der Waals surface area contributed by atoms with E-state index in [2.05, 4.69) is 0 Å². The number of amides is 1. The van der Waals surface area contributed by atoms with E-state index in [4.69, 9.17) is 11.6 Å². The smallest absolute Gasteiger partial charge is 0.253 e. The van der Waals surface area contributed by atoms with Crippen LogP contribution in [0.25, 0.3) is 0 Å². The van der Waals surface area contributed by atoms with Gasteiger partial charge in [0.05, 0.1) is 4.90 Å². The average molecular weight is 409 g/mol. The lowest BCUT2D eigenvalue weighted by Crippen LogP contribution is -2.31. The number of aryl methyl sites for hydroxylation is 1. The van der Waals surface area contributed by atoms with Gasteiger partial charge in [-0.25, -0.2) is 8.42 Å². The van der Waals surface area contributed by atoms with E-state index >= 15 is 0 Å². The Hall–Kier alpha value is -1.89. The molecule has 0 radical (unpaired) electrons. The molecule has 0 spiro atoms. The average Bonchev–Trinajstić information content (AvgIpc) is 2.64. The molecule has 0 bridgehead atoms. The summed E-state index contributed by atoms with van der Waals surface area (Å²) in [5.74, 6) is -0.235. The molecule has 0 saturated carbocycles. The number of nitrogens with zero attached hydrogens (tertiary/aromatic N) is 2. The molecule has 1 amide bonds. The summed E-state index contributed by atoms with van der Waals surface area (Å²) in [7, 11) is -1.94. The summed E-state index contributed by atoms with van der Waals surface area (Å²) in [4.78, 5) is 14.5. The highest BCUT2D eigenvalue weighted by atomic mass is 35.5. The number of sulfonamides is 1. The van der Waals surface area contributed by atoms with E-state index in [1.165, 1.54) is 10.4 Å². The highest BCUT2D eigenvalue weighted by Crippen LogP contribution is 2.22. The largest absolute Gasteiger partial charge is 0.337 e. The Kier molecular flexibility index (Phi) is 7.03. The van der Waals surface area contributed by atoms with Crippen molar-refractivity contribution in [1.29, 1.82) is 0 Å². The maximum absolute atomic E-state index is 12.9. The van der Waals surface area contributed by atoms with Gasteiger partial charge in [0.2, 0.25) is 10.0 Å². The first-order chi connectivity index (χ1) is 12.7. The quantitative estimate of drug-likeness (QED) is 0.696. The molecule has 0 heterocycles. The Morgan fingerprint density at radius 2 is 1.63 bits per heavy atom. The van der Waals surface area contributed by atoms with Crippen molar-refractivity contribution >= 4 is 27.5 Å². The first kappa shape index (κ1) is 21.4. The molecule has 27 heavy (non-hydrogen) atoms. The second-order valence-electron chi connectivity index (χ2n) is 6.36. The molecule has 0 aliphatic rings. The molecule has 5 nitrogen and oxygen atoms in total. The van der Waals surface area contributed by atoms with Gasteiger partial charge in [0, 0.05) is 37.3 Å². The summed E-state index contributed by atoms with van der Waals surface area (Å²) in [5.41, 5.74) is 1.92. The van der Waals surface area contributed by atoms with Crippen LogP contribution in [0, 0.1) is 6.92 Å². The minimum absolute atomic E-state index is 0.178. The van der Waals surface area contributed by atoms with Gasteiger partial charge >= 0.3 is 0 Å². The molecular formula is C20H25ClN2O3S. The lowest BCUT2D eigenvalue weighted by atomic mass is 10.1. The standard InChI is InChI=1S/C20H25ClN2O3S/c1-5-23(6-2)27(25,26)19-13-17(10-7-15(19)3)20(24)22(4)14-16-8-11-18(21)12-9-16/h7-13H,5-6,14H2,1-4H3. The van der Waals surface area contributed by atoms with Crippen LogP contribution in [0.3, 0.4) is 0 Å². The van der Waals surface area contributed by atoms with Crippen LogP contribution in [0.2, 0.25) is 5.02 Å². The molecule has 0 unspecified atom stereocenters. The molecule has 7 heteroatoms. The predicted molar refractivity (Wildman–Crippen MR) is 109 cm³/mol. The third kappa shape index (κ3) is 4.89. The summed E-state index contributed by atoms with van der Waals surface area (Å²) in [6.45, 7) is 6.50. The molecule has 0 N–H and O–H groups in total. The van der Waals surface area contributed by atoms with E-state index in [9.17, 15) is 13.2 Å². The minimum atomic E-state index is -3.63. The van der Waals surface area contributed by atoms with Gasteiger partial charge in [0.15, 0.2) is 0 Å². The zero-order valence-corrected chi connectivity index (χ0v) is 17.6. The number of benzene rings is 2. The molecule has 0 aliphatic carbocycles. The Bertz CT molecular complexity index is 907. The molecule has 2 aromatic rings. The number of halogens is 1. The number of carbonyl (C=O) groups excluding carboxylic acids is 1. The lowest BCUT2D eigenvalue weighted by molar-refractivity contribution is 0.0785. The van der Waals surface area contributed by atoms with Crippen LogP contribution in [-0.2, 0) is 16.6 Å². The van der Waals surface area contributed by atoms with Crippen LogP contribution in [0.4, 0.5) is 0 Å². The summed E-state index contributed by atoms with van der Waals surface area (Å²) < 4.78 is 27.1. The third-order valence-corrected chi connectivity index (χ3v) is 6.88. The Morgan fingerprint density at radius 1 is 1.04 bits per heavy atom. The fourth-order valence-electron chi connectivity index (χ4n) is 2.87. The Balaban J connectivity index is 2.30. The normalized spacial score (nSPS) is 11.6. The van der Waals surface area contributed by atoms with Crippen LogP contribution < -0.4 is 0 Å². The first-order valence-electron chi connectivity index (χ1n) is 8.81. The molecule has 146 valence electrons. The minimum Gasteiger partial charge on any atom is -0.337 e. The molecule has 0 aromatic heterocycles. The second-order valence-corrected chi connectivity index (χ2v) is 8.70. The van der Waals surface area contributed by atoms with Gasteiger partial charge in [0.25, 0.3) is 5.91 Å². The fraction of sp³-hybridized carbons (Fsp3) is 0.350. The van der Waals surface area contributed by atoms with Crippen LogP contribution in [0.1, 0.15) is 35.3 Å². The van der Waals surface area contributed by atoms with E-state index < -0.39 is 10.0 Å². The van der Waals surface area contributed by atoms with Crippen molar-refractivity contribution in [1.82, 2.24) is 9.21 Å². The fourth-order valence-corrected chi connectivity index (χ4v) is 4.70. The summed E-state index contributed by atoms with van der Waals surface area (Å²) >= 11 is 5.89. The predicted octanol–water partition coefficient (Wildman–Crippen LogP) is 3.95. The highest BCUT2D eigenvalue weighted by molar-refractivity contribution is 7.89. The molecule has 2 aromatic carbocycles. The zero-order chi connectivity index (χ0) is 20.2. The molecule has 0 atom stereocenters. The van der Waals surface area contributed by atoms with Gasteiger partial charge in [-0.2, -0.15) is 4.31 Å². The van der Waals surface area contributed by atoms with Crippen molar-refractivity contribution in [3.8, 4) is 0 Å². The van der Waals surface area contributed by atoms with Crippen LogP contribution in [-0.4, -0.2) is 43.7 Å².